The summed E-state index contributed by atoms with van der Waals surface area (Å²) < 4.78 is 12.8. The molecular weight excluding hydrogens is 289 g/mol. The minimum absolute atomic E-state index is 0.0649. The van der Waals surface area contributed by atoms with Gasteiger partial charge >= 0.3 is 0 Å². The molecule has 3 nitrogen and oxygen atoms in total. The second-order valence-corrected chi connectivity index (χ2v) is 5.48. The molecule has 2 rings (SSSR count). The van der Waals surface area contributed by atoms with Gasteiger partial charge in [0.1, 0.15) is 5.82 Å². The van der Waals surface area contributed by atoms with Crippen LogP contribution in [0.4, 0.5) is 10.1 Å². The Kier molecular flexibility index (Phi) is 5.11. The molecule has 2 aromatic rings. The van der Waals surface area contributed by atoms with Gasteiger partial charge < -0.3 is 5.32 Å². The Hall–Kier alpha value is -2.14. The van der Waals surface area contributed by atoms with Crippen LogP contribution >= 0.6 is 11.8 Å². The molecule has 108 valence electrons. The van der Waals surface area contributed by atoms with E-state index in [2.05, 4.69) is 5.32 Å². The fourth-order valence-electron chi connectivity index (χ4n) is 1.73. The van der Waals surface area contributed by atoms with E-state index in [1.807, 2.05) is 18.2 Å². The van der Waals surface area contributed by atoms with Crippen LogP contribution in [0.25, 0.3) is 0 Å². The highest BCUT2D eigenvalue weighted by Crippen LogP contribution is 2.22. The number of ketones is 1. The second kappa shape index (κ2) is 7.04. The lowest BCUT2D eigenvalue weighted by atomic mass is 10.1. The molecule has 0 heterocycles. The van der Waals surface area contributed by atoms with E-state index >= 15 is 0 Å². The van der Waals surface area contributed by atoms with Crippen molar-refractivity contribution in [3.05, 3.63) is 59.9 Å². The number of carbonyl (C=O) groups excluding carboxylic acids is 2. The Balaban J connectivity index is 1.97. The number of nitrogens with one attached hydrogen (secondary N) is 1. The van der Waals surface area contributed by atoms with E-state index in [1.165, 1.54) is 43.0 Å². The van der Waals surface area contributed by atoms with E-state index in [1.54, 1.807) is 6.07 Å². The number of anilines is 1. The molecule has 0 fully saturated rings. The number of halogens is 1. The maximum absolute atomic E-state index is 12.8. The van der Waals surface area contributed by atoms with E-state index in [0.717, 1.165) is 4.90 Å². The SMILES string of the molecule is CC(=O)Nc1cccc(SCC(=O)c2ccc(F)cc2)c1. The van der Waals surface area contributed by atoms with Crippen LogP contribution in [0.5, 0.6) is 0 Å². The zero-order valence-electron chi connectivity index (χ0n) is 11.4. The number of carbonyl (C=O) groups is 2. The van der Waals surface area contributed by atoms with Gasteiger partial charge in [0.25, 0.3) is 0 Å². The molecule has 1 amide bonds. The summed E-state index contributed by atoms with van der Waals surface area (Å²) in [5, 5.41) is 2.69. The van der Waals surface area contributed by atoms with E-state index in [-0.39, 0.29) is 23.3 Å². The molecule has 0 atom stereocenters. The predicted molar refractivity (Wildman–Crippen MR) is 82.2 cm³/mol. The van der Waals surface area contributed by atoms with Gasteiger partial charge in [0.05, 0.1) is 5.75 Å². The van der Waals surface area contributed by atoms with Crippen molar-refractivity contribution < 1.29 is 14.0 Å². The van der Waals surface area contributed by atoms with Crippen LogP contribution < -0.4 is 5.32 Å². The van der Waals surface area contributed by atoms with Crippen LogP contribution in [0.15, 0.2) is 53.4 Å². The van der Waals surface area contributed by atoms with Gasteiger partial charge in [-0.1, -0.05) is 6.07 Å². The zero-order valence-corrected chi connectivity index (χ0v) is 12.2. The summed E-state index contributed by atoms with van der Waals surface area (Å²) >= 11 is 1.37. The molecule has 0 radical (unpaired) electrons. The van der Waals surface area contributed by atoms with Crippen molar-refractivity contribution in [2.24, 2.45) is 0 Å². The lowest BCUT2D eigenvalue weighted by Crippen LogP contribution is -2.05. The quantitative estimate of drug-likeness (QED) is 0.676. The highest BCUT2D eigenvalue weighted by atomic mass is 32.2. The third-order valence-electron chi connectivity index (χ3n) is 2.69. The molecule has 0 saturated carbocycles. The van der Waals surface area contributed by atoms with Gasteiger partial charge in [0.2, 0.25) is 5.91 Å². The molecule has 0 aromatic heterocycles. The highest BCUT2D eigenvalue weighted by Gasteiger charge is 2.07. The van der Waals surface area contributed by atoms with Gasteiger partial charge in [-0.05, 0) is 42.5 Å². The molecule has 0 saturated heterocycles. The lowest BCUT2D eigenvalue weighted by Gasteiger charge is -2.05. The molecule has 2 aromatic carbocycles. The lowest BCUT2D eigenvalue weighted by molar-refractivity contribution is -0.114. The summed E-state index contributed by atoms with van der Waals surface area (Å²) in [4.78, 5) is 23.9. The molecule has 21 heavy (non-hydrogen) atoms. The number of benzene rings is 2. The molecule has 0 aliphatic heterocycles. The number of hydrogen-bond donors (Lipinski definition) is 1. The van der Waals surface area contributed by atoms with Crippen LogP contribution in [-0.4, -0.2) is 17.4 Å². The number of thioether (sulfide) groups is 1. The first-order chi connectivity index (χ1) is 10.0. The minimum Gasteiger partial charge on any atom is -0.326 e. The monoisotopic (exact) mass is 303 g/mol. The highest BCUT2D eigenvalue weighted by molar-refractivity contribution is 8.00. The summed E-state index contributed by atoms with van der Waals surface area (Å²) in [5.41, 5.74) is 1.18. The Morgan fingerprint density at radius 1 is 1.14 bits per heavy atom. The van der Waals surface area contributed by atoms with Gasteiger partial charge in [-0.25, -0.2) is 4.39 Å². The number of hydrogen-bond acceptors (Lipinski definition) is 3. The molecular formula is C16H14FNO2S. The van der Waals surface area contributed by atoms with Crippen molar-refractivity contribution >= 4 is 29.1 Å². The molecule has 0 spiro atoms. The van der Waals surface area contributed by atoms with Crippen molar-refractivity contribution in [1.82, 2.24) is 0 Å². The Bertz CT molecular complexity index is 656. The Labute approximate surface area is 126 Å². The van der Waals surface area contributed by atoms with E-state index in [0.29, 0.717) is 11.3 Å². The van der Waals surface area contributed by atoms with Crippen molar-refractivity contribution in [1.29, 1.82) is 0 Å². The van der Waals surface area contributed by atoms with Gasteiger partial charge in [0, 0.05) is 23.1 Å². The van der Waals surface area contributed by atoms with Gasteiger partial charge in [-0.2, -0.15) is 0 Å². The summed E-state index contributed by atoms with van der Waals surface area (Å²) in [6.07, 6.45) is 0. The van der Waals surface area contributed by atoms with Crippen molar-refractivity contribution in [2.75, 3.05) is 11.1 Å². The van der Waals surface area contributed by atoms with Crippen molar-refractivity contribution in [2.45, 2.75) is 11.8 Å². The standard InChI is InChI=1S/C16H14FNO2S/c1-11(19)18-14-3-2-4-15(9-14)21-10-16(20)12-5-7-13(17)8-6-12/h2-9H,10H2,1H3,(H,18,19). The number of amides is 1. The topological polar surface area (TPSA) is 46.2 Å². The third kappa shape index (κ3) is 4.72. The van der Waals surface area contributed by atoms with Crippen LogP contribution in [-0.2, 0) is 4.79 Å². The summed E-state index contributed by atoms with van der Waals surface area (Å²) in [6, 6.07) is 12.8. The first-order valence-electron chi connectivity index (χ1n) is 6.34. The van der Waals surface area contributed by atoms with E-state index in [4.69, 9.17) is 0 Å². The van der Waals surface area contributed by atoms with Gasteiger partial charge in [-0.15, -0.1) is 11.8 Å². The van der Waals surface area contributed by atoms with E-state index in [9.17, 15) is 14.0 Å². The van der Waals surface area contributed by atoms with Crippen LogP contribution in [0.2, 0.25) is 0 Å². The van der Waals surface area contributed by atoms with Crippen LogP contribution in [0.3, 0.4) is 0 Å². The maximum atomic E-state index is 12.8. The first kappa shape index (κ1) is 15.3. The minimum atomic E-state index is -0.359. The largest absolute Gasteiger partial charge is 0.326 e. The fraction of sp³-hybridized carbons (Fsp3) is 0.125. The average Bonchev–Trinajstić information content (AvgIpc) is 2.45. The summed E-state index contributed by atoms with van der Waals surface area (Å²) in [6.45, 7) is 1.44. The molecule has 5 heteroatoms. The number of rotatable bonds is 5. The molecule has 0 unspecified atom stereocenters. The molecule has 0 bridgehead atoms. The molecule has 0 aliphatic rings. The Morgan fingerprint density at radius 3 is 2.52 bits per heavy atom. The summed E-state index contributed by atoms with van der Waals surface area (Å²) in [7, 11) is 0. The van der Waals surface area contributed by atoms with Gasteiger partial charge in [0.15, 0.2) is 5.78 Å². The maximum Gasteiger partial charge on any atom is 0.221 e. The second-order valence-electron chi connectivity index (χ2n) is 4.43. The number of Topliss-reactive ketones (excluding diaryl/α,β-unsaturated/α-hetero) is 1. The van der Waals surface area contributed by atoms with Crippen LogP contribution in [0.1, 0.15) is 17.3 Å². The van der Waals surface area contributed by atoms with Crippen molar-refractivity contribution in [3.8, 4) is 0 Å². The zero-order chi connectivity index (χ0) is 15.2. The van der Waals surface area contributed by atoms with Crippen LogP contribution in [0, 0.1) is 5.82 Å². The smallest absolute Gasteiger partial charge is 0.221 e. The first-order valence-corrected chi connectivity index (χ1v) is 7.32. The average molecular weight is 303 g/mol. The van der Waals surface area contributed by atoms with E-state index < -0.39 is 0 Å². The van der Waals surface area contributed by atoms with Gasteiger partial charge in [-0.3, -0.25) is 9.59 Å². The summed E-state index contributed by atoms with van der Waals surface area (Å²) in [5.74, 6) is -0.304. The third-order valence-corrected chi connectivity index (χ3v) is 3.68. The Morgan fingerprint density at radius 2 is 1.86 bits per heavy atom. The normalized spacial score (nSPS) is 10.2. The molecule has 1 N–H and O–H groups in total. The van der Waals surface area contributed by atoms with Crippen molar-refractivity contribution in [3.63, 3.8) is 0 Å². The predicted octanol–water partition coefficient (Wildman–Crippen LogP) is 3.76. The molecule has 0 aliphatic carbocycles. The fourth-order valence-corrected chi connectivity index (χ4v) is 2.58.